The van der Waals surface area contributed by atoms with Crippen LogP contribution < -0.4 is 0 Å². The van der Waals surface area contributed by atoms with E-state index < -0.39 is 41.0 Å². The highest BCUT2D eigenvalue weighted by Crippen LogP contribution is 2.51. The number of alkyl halides is 3. The van der Waals surface area contributed by atoms with Crippen molar-refractivity contribution in [3.8, 4) is 5.75 Å². The van der Waals surface area contributed by atoms with E-state index in [1.54, 1.807) is 0 Å². The van der Waals surface area contributed by atoms with E-state index in [1.807, 2.05) is 0 Å². The van der Waals surface area contributed by atoms with Gasteiger partial charge in [0.1, 0.15) is 0 Å². The van der Waals surface area contributed by atoms with Crippen LogP contribution in [-0.4, -0.2) is 23.5 Å². The van der Waals surface area contributed by atoms with Gasteiger partial charge >= 0.3 is 6.18 Å². The van der Waals surface area contributed by atoms with Gasteiger partial charge in [0.25, 0.3) is 0 Å². The van der Waals surface area contributed by atoms with Crippen LogP contribution >= 0.6 is 0 Å². The van der Waals surface area contributed by atoms with Crippen LogP contribution in [0, 0.1) is 17.6 Å². The summed E-state index contributed by atoms with van der Waals surface area (Å²) < 4.78 is 70.1. The lowest BCUT2D eigenvalue weighted by Crippen LogP contribution is -2.46. The molecule has 0 aliphatic carbocycles. The Kier molecular flexibility index (Phi) is 3.44. The molecule has 0 unspecified atom stereocenters. The molecule has 0 spiro atoms. The summed E-state index contributed by atoms with van der Waals surface area (Å²) in [7, 11) is 0. The smallest absolute Gasteiger partial charge is 0.417 e. The quantitative estimate of drug-likeness (QED) is 0.800. The SMILES string of the molecule is C[C@@H]1[C@@H](c2ccc(F)c(F)c2O)CO[C@@]1(C)C(F)(F)F. The van der Waals surface area contributed by atoms with E-state index in [0.717, 1.165) is 19.1 Å². The fraction of sp³-hybridized carbons (Fsp3) is 0.538. The van der Waals surface area contributed by atoms with Crippen LogP contribution in [0.15, 0.2) is 12.1 Å². The molecule has 2 nitrogen and oxygen atoms in total. The van der Waals surface area contributed by atoms with Crippen LogP contribution in [-0.2, 0) is 4.74 Å². The summed E-state index contributed by atoms with van der Waals surface area (Å²) in [5.41, 5.74) is -2.46. The minimum Gasteiger partial charge on any atom is -0.505 e. The Hall–Kier alpha value is -1.37. The van der Waals surface area contributed by atoms with Crippen molar-refractivity contribution in [3.05, 3.63) is 29.3 Å². The minimum atomic E-state index is -4.59. The number of rotatable bonds is 1. The number of halogens is 5. The van der Waals surface area contributed by atoms with Gasteiger partial charge in [-0.25, -0.2) is 4.39 Å². The van der Waals surface area contributed by atoms with Gasteiger partial charge in [-0.3, -0.25) is 0 Å². The summed E-state index contributed by atoms with van der Waals surface area (Å²) in [5.74, 6) is -5.58. The summed E-state index contributed by atoms with van der Waals surface area (Å²) in [5, 5.41) is 9.58. The summed E-state index contributed by atoms with van der Waals surface area (Å²) in [4.78, 5) is 0. The molecule has 0 bridgehead atoms. The molecule has 1 aliphatic heterocycles. The van der Waals surface area contributed by atoms with Crippen LogP contribution in [0.25, 0.3) is 0 Å². The maximum Gasteiger partial charge on any atom is 0.417 e. The van der Waals surface area contributed by atoms with Gasteiger partial charge in [-0.05, 0) is 13.0 Å². The lowest BCUT2D eigenvalue weighted by molar-refractivity contribution is -0.266. The zero-order valence-electron chi connectivity index (χ0n) is 10.8. The summed E-state index contributed by atoms with van der Waals surface area (Å²) >= 11 is 0. The summed E-state index contributed by atoms with van der Waals surface area (Å²) in [6.07, 6.45) is -4.59. The van der Waals surface area contributed by atoms with Gasteiger partial charge < -0.3 is 9.84 Å². The van der Waals surface area contributed by atoms with Crippen LogP contribution in [0.4, 0.5) is 22.0 Å². The molecule has 1 N–H and O–H groups in total. The van der Waals surface area contributed by atoms with E-state index >= 15 is 0 Å². The molecule has 112 valence electrons. The predicted molar refractivity (Wildman–Crippen MR) is 60.3 cm³/mol. The van der Waals surface area contributed by atoms with Gasteiger partial charge in [0.2, 0.25) is 5.82 Å². The van der Waals surface area contributed by atoms with E-state index in [4.69, 9.17) is 4.74 Å². The van der Waals surface area contributed by atoms with Crippen LogP contribution in [0.2, 0.25) is 0 Å². The third kappa shape index (κ3) is 2.04. The summed E-state index contributed by atoms with van der Waals surface area (Å²) in [6, 6.07) is 1.86. The molecule has 0 saturated carbocycles. The monoisotopic (exact) mass is 296 g/mol. The standard InChI is InChI=1S/C13H13F5O2/c1-6-8(5-20-12(6,2)13(16,17)18)7-3-4-9(14)10(15)11(7)19/h3-4,6,8,19H,5H2,1-2H3/t6-,8+,12-/m1/s1. The molecule has 0 amide bonds. The van der Waals surface area contributed by atoms with E-state index in [-0.39, 0.29) is 12.2 Å². The normalized spacial score (nSPS) is 30.8. The van der Waals surface area contributed by atoms with Crippen LogP contribution in [0.1, 0.15) is 25.3 Å². The van der Waals surface area contributed by atoms with Crippen molar-refractivity contribution in [2.24, 2.45) is 5.92 Å². The van der Waals surface area contributed by atoms with Crippen molar-refractivity contribution in [2.45, 2.75) is 31.5 Å². The van der Waals surface area contributed by atoms with Gasteiger partial charge in [0.05, 0.1) is 6.61 Å². The molecule has 1 aromatic carbocycles. The van der Waals surface area contributed by atoms with Crippen molar-refractivity contribution in [2.75, 3.05) is 6.61 Å². The molecule has 0 aromatic heterocycles. The molecule has 0 radical (unpaired) electrons. The Balaban J connectivity index is 2.40. The van der Waals surface area contributed by atoms with Crippen molar-refractivity contribution < 1.29 is 31.8 Å². The third-order valence-corrected chi connectivity index (χ3v) is 4.10. The van der Waals surface area contributed by atoms with Gasteiger partial charge in [0.15, 0.2) is 17.2 Å². The zero-order valence-corrected chi connectivity index (χ0v) is 10.8. The molecule has 1 heterocycles. The van der Waals surface area contributed by atoms with Gasteiger partial charge in [-0.1, -0.05) is 13.0 Å². The third-order valence-electron chi connectivity index (χ3n) is 4.10. The summed E-state index contributed by atoms with van der Waals surface area (Å²) in [6.45, 7) is 1.90. The average Bonchev–Trinajstić information content (AvgIpc) is 2.65. The van der Waals surface area contributed by atoms with Crippen LogP contribution in [0.3, 0.4) is 0 Å². The highest BCUT2D eigenvalue weighted by Gasteiger charge is 2.61. The van der Waals surface area contributed by atoms with Gasteiger partial charge in [-0.2, -0.15) is 17.6 Å². The van der Waals surface area contributed by atoms with Crippen molar-refractivity contribution in [1.82, 2.24) is 0 Å². The number of hydrogen-bond acceptors (Lipinski definition) is 2. The fourth-order valence-corrected chi connectivity index (χ4v) is 2.48. The highest BCUT2D eigenvalue weighted by atomic mass is 19.4. The first-order valence-corrected chi connectivity index (χ1v) is 5.97. The maximum absolute atomic E-state index is 13.3. The van der Waals surface area contributed by atoms with Gasteiger partial charge in [0, 0.05) is 17.4 Å². The largest absolute Gasteiger partial charge is 0.505 e. The molecule has 7 heteroatoms. The molecule has 2 rings (SSSR count). The Morgan fingerprint density at radius 1 is 1.30 bits per heavy atom. The van der Waals surface area contributed by atoms with Crippen molar-refractivity contribution in [1.29, 1.82) is 0 Å². The number of phenolic OH excluding ortho intramolecular Hbond substituents is 1. The first-order valence-electron chi connectivity index (χ1n) is 5.97. The van der Waals surface area contributed by atoms with E-state index in [0.29, 0.717) is 0 Å². The number of hydrogen-bond donors (Lipinski definition) is 1. The van der Waals surface area contributed by atoms with Crippen molar-refractivity contribution in [3.63, 3.8) is 0 Å². The van der Waals surface area contributed by atoms with Crippen LogP contribution in [0.5, 0.6) is 5.75 Å². The van der Waals surface area contributed by atoms with E-state index in [2.05, 4.69) is 0 Å². The molecular weight excluding hydrogens is 283 g/mol. The molecule has 1 saturated heterocycles. The molecule has 1 aliphatic rings. The molecule has 1 fully saturated rings. The topological polar surface area (TPSA) is 29.5 Å². The maximum atomic E-state index is 13.3. The number of benzene rings is 1. The highest BCUT2D eigenvalue weighted by molar-refractivity contribution is 5.38. The van der Waals surface area contributed by atoms with E-state index in [1.165, 1.54) is 6.92 Å². The first kappa shape index (κ1) is 15.0. The number of aromatic hydroxyl groups is 1. The van der Waals surface area contributed by atoms with E-state index in [9.17, 15) is 27.1 Å². The Morgan fingerprint density at radius 3 is 2.40 bits per heavy atom. The molecule has 1 aromatic rings. The lowest BCUT2D eigenvalue weighted by Gasteiger charge is -2.32. The predicted octanol–water partition coefficient (Wildman–Crippen LogP) is 3.74. The second kappa shape index (κ2) is 4.58. The average molecular weight is 296 g/mol. The fourth-order valence-electron chi connectivity index (χ4n) is 2.48. The molecule has 20 heavy (non-hydrogen) atoms. The minimum absolute atomic E-state index is 0.0793. The second-order valence-electron chi connectivity index (χ2n) is 5.11. The number of phenols is 1. The Morgan fingerprint density at radius 2 is 1.90 bits per heavy atom. The Bertz CT molecular complexity index is 528. The van der Waals surface area contributed by atoms with Gasteiger partial charge in [-0.15, -0.1) is 0 Å². The van der Waals surface area contributed by atoms with Crippen molar-refractivity contribution >= 4 is 0 Å². The number of ether oxygens (including phenoxy) is 1. The zero-order chi connectivity index (χ0) is 15.3. The lowest BCUT2D eigenvalue weighted by atomic mass is 9.79. The molecule has 3 atom stereocenters. The Labute approximate surface area is 112 Å². The second-order valence-corrected chi connectivity index (χ2v) is 5.11. The molecular formula is C13H13F5O2. The first-order chi connectivity index (χ1) is 9.09.